The third-order valence-electron chi connectivity index (χ3n) is 3.60. The van der Waals surface area contributed by atoms with Gasteiger partial charge >= 0.3 is 5.97 Å². The topological polar surface area (TPSA) is 83.6 Å². The number of carboxylic acids is 1. The first-order chi connectivity index (χ1) is 7.75. The Balaban J connectivity index is 2.93. The fourth-order valence-corrected chi connectivity index (χ4v) is 2.45. The maximum atomic E-state index is 12.3. The quantitative estimate of drug-likeness (QED) is 0.769. The molecule has 1 saturated heterocycles. The molecule has 1 aliphatic rings. The van der Waals surface area contributed by atoms with Crippen LogP contribution in [0.3, 0.4) is 0 Å². The minimum Gasteiger partial charge on any atom is -0.480 e. The lowest BCUT2D eigenvalue weighted by Crippen LogP contribution is -2.60. The number of hydrogen-bond acceptors (Lipinski definition) is 3. The third-order valence-corrected chi connectivity index (χ3v) is 3.60. The highest BCUT2D eigenvalue weighted by atomic mass is 16.4. The number of nitrogens with zero attached hydrogens (tertiary/aromatic N) is 1. The van der Waals surface area contributed by atoms with Crippen molar-refractivity contribution in [2.24, 2.45) is 5.73 Å². The van der Waals surface area contributed by atoms with Crippen LogP contribution in [0.15, 0.2) is 0 Å². The second-order valence-electron chi connectivity index (χ2n) is 5.31. The van der Waals surface area contributed by atoms with Crippen molar-refractivity contribution in [2.45, 2.75) is 57.5 Å². The molecule has 0 spiro atoms. The van der Waals surface area contributed by atoms with E-state index in [1.165, 1.54) is 4.90 Å². The zero-order valence-electron chi connectivity index (χ0n) is 10.8. The Bertz CT molecular complexity index is 328. The molecule has 1 fully saturated rings. The van der Waals surface area contributed by atoms with Gasteiger partial charge in [-0.15, -0.1) is 0 Å². The van der Waals surface area contributed by atoms with Crippen molar-refractivity contribution in [1.29, 1.82) is 0 Å². The van der Waals surface area contributed by atoms with Crippen LogP contribution in [-0.4, -0.2) is 39.5 Å². The van der Waals surface area contributed by atoms with E-state index in [1.54, 1.807) is 13.8 Å². The normalized spacial score (nSPS) is 27.9. The van der Waals surface area contributed by atoms with Crippen LogP contribution < -0.4 is 5.73 Å². The Kier molecular flexibility index (Phi) is 3.81. The number of rotatable bonds is 4. The fraction of sp³-hybridized carbons (Fsp3) is 0.833. The smallest absolute Gasteiger partial charge is 0.329 e. The summed E-state index contributed by atoms with van der Waals surface area (Å²) in [5.41, 5.74) is 3.93. The van der Waals surface area contributed by atoms with Gasteiger partial charge in [0.15, 0.2) is 0 Å². The van der Waals surface area contributed by atoms with Gasteiger partial charge in [-0.25, -0.2) is 4.79 Å². The number of hydrogen-bond donors (Lipinski definition) is 2. The summed E-state index contributed by atoms with van der Waals surface area (Å²) in [5.74, 6) is -1.20. The van der Waals surface area contributed by atoms with Crippen LogP contribution in [0.25, 0.3) is 0 Å². The molecular weight excluding hydrogens is 220 g/mol. The second-order valence-corrected chi connectivity index (χ2v) is 5.31. The highest BCUT2D eigenvalue weighted by molar-refractivity contribution is 5.92. The lowest BCUT2D eigenvalue weighted by atomic mass is 9.92. The summed E-state index contributed by atoms with van der Waals surface area (Å²) in [7, 11) is 0. The molecule has 1 aliphatic heterocycles. The van der Waals surface area contributed by atoms with Crippen molar-refractivity contribution in [1.82, 2.24) is 4.90 Å². The van der Waals surface area contributed by atoms with Crippen molar-refractivity contribution in [3.63, 3.8) is 0 Å². The maximum Gasteiger partial charge on any atom is 0.329 e. The van der Waals surface area contributed by atoms with Crippen LogP contribution >= 0.6 is 0 Å². The van der Waals surface area contributed by atoms with Gasteiger partial charge in [-0.05, 0) is 33.1 Å². The Morgan fingerprint density at radius 2 is 2.12 bits per heavy atom. The van der Waals surface area contributed by atoms with Gasteiger partial charge in [0.2, 0.25) is 5.91 Å². The molecule has 0 saturated carbocycles. The van der Waals surface area contributed by atoms with Gasteiger partial charge in [0.1, 0.15) is 5.54 Å². The van der Waals surface area contributed by atoms with E-state index in [0.29, 0.717) is 19.4 Å². The molecule has 1 heterocycles. The molecule has 0 aromatic rings. The number of carbonyl (C=O) groups is 2. The summed E-state index contributed by atoms with van der Waals surface area (Å²) in [6.45, 7) is 5.72. The van der Waals surface area contributed by atoms with Gasteiger partial charge in [-0.2, -0.15) is 0 Å². The number of nitrogens with two attached hydrogens (primary N) is 1. The third kappa shape index (κ3) is 2.44. The van der Waals surface area contributed by atoms with E-state index in [4.69, 9.17) is 5.73 Å². The average Bonchev–Trinajstić information content (AvgIpc) is 2.60. The van der Waals surface area contributed by atoms with Gasteiger partial charge in [0, 0.05) is 6.54 Å². The second kappa shape index (κ2) is 4.64. The van der Waals surface area contributed by atoms with Gasteiger partial charge in [0.25, 0.3) is 0 Å². The molecule has 0 bridgehead atoms. The van der Waals surface area contributed by atoms with Crippen LogP contribution in [0.2, 0.25) is 0 Å². The molecule has 0 radical (unpaired) electrons. The summed E-state index contributed by atoms with van der Waals surface area (Å²) < 4.78 is 0. The van der Waals surface area contributed by atoms with E-state index in [9.17, 15) is 14.7 Å². The minimum atomic E-state index is -1.09. The van der Waals surface area contributed by atoms with Gasteiger partial charge < -0.3 is 15.7 Å². The van der Waals surface area contributed by atoms with Crippen LogP contribution in [-0.2, 0) is 9.59 Å². The van der Waals surface area contributed by atoms with Crippen LogP contribution in [0, 0.1) is 0 Å². The first-order valence-corrected chi connectivity index (χ1v) is 6.10. The molecule has 5 nitrogen and oxygen atoms in total. The number of aliphatic carboxylic acids is 1. The Hall–Kier alpha value is -1.10. The zero-order chi connectivity index (χ0) is 13.3. The molecule has 1 rings (SSSR count). The number of amides is 1. The van der Waals surface area contributed by atoms with Gasteiger partial charge in [-0.1, -0.05) is 13.3 Å². The minimum absolute atomic E-state index is 0.248. The summed E-state index contributed by atoms with van der Waals surface area (Å²) in [6, 6.07) is 0. The molecule has 17 heavy (non-hydrogen) atoms. The van der Waals surface area contributed by atoms with Crippen LogP contribution in [0.1, 0.15) is 46.5 Å². The van der Waals surface area contributed by atoms with Crippen molar-refractivity contribution in [3.05, 3.63) is 0 Å². The largest absolute Gasteiger partial charge is 0.480 e. The van der Waals surface area contributed by atoms with E-state index in [0.717, 1.165) is 12.8 Å². The van der Waals surface area contributed by atoms with Gasteiger partial charge in [-0.3, -0.25) is 4.79 Å². The molecule has 0 aromatic heterocycles. The summed E-state index contributed by atoms with van der Waals surface area (Å²) in [5, 5.41) is 9.25. The Morgan fingerprint density at radius 1 is 1.53 bits per heavy atom. The summed E-state index contributed by atoms with van der Waals surface area (Å²) in [4.78, 5) is 25.0. The van der Waals surface area contributed by atoms with Crippen LogP contribution in [0.4, 0.5) is 0 Å². The first-order valence-electron chi connectivity index (χ1n) is 6.10. The lowest BCUT2D eigenvalue weighted by molar-refractivity contribution is -0.157. The molecule has 2 unspecified atom stereocenters. The lowest BCUT2D eigenvalue weighted by Gasteiger charge is -2.36. The van der Waals surface area contributed by atoms with E-state index in [2.05, 4.69) is 0 Å². The average molecular weight is 242 g/mol. The van der Waals surface area contributed by atoms with Crippen molar-refractivity contribution >= 4 is 11.9 Å². The van der Waals surface area contributed by atoms with Crippen LogP contribution in [0.5, 0.6) is 0 Å². The van der Waals surface area contributed by atoms with Gasteiger partial charge in [0.05, 0.1) is 5.54 Å². The highest BCUT2D eigenvalue weighted by Gasteiger charge is 2.49. The molecule has 0 aliphatic carbocycles. The van der Waals surface area contributed by atoms with E-state index in [-0.39, 0.29) is 5.91 Å². The monoisotopic (exact) mass is 242 g/mol. The van der Waals surface area contributed by atoms with Crippen molar-refractivity contribution in [3.8, 4) is 0 Å². The van der Waals surface area contributed by atoms with E-state index in [1.807, 2.05) is 6.92 Å². The highest BCUT2D eigenvalue weighted by Crippen LogP contribution is 2.31. The molecule has 3 N–H and O–H groups in total. The molecule has 2 atom stereocenters. The molecule has 98 valence electrons. The Morgan fingerprint density at radius 3 is 2.59 bits per heavy atom. The van der Waals surface area contributed by atoms with Crippen molar-refractivity contribution in [2.75, 3.05) is 6.54 Å². The fourth-order valence-electron chi connectivity index (χ4n) is 2.45. The standard InChI is InChI=1S/C12H22N2O3/c1-4-6-11(2,13)9(15)14-8-5-7-12(14,3)10(16)17/h4-8,13H2,1-3H3,(H,16,17). The van der Waals surface area contributed by atoms with Crippen molar-refractivity contribution < 1.29 is 14.7 Å². The number of likely N-dealkylation sites (tertiary alicyclic amines) is 1. The first kappa shape index (κ1) is 14.0. The summed E-state index contributed by atoms with van der Waals surface area (Å²) in [6.07, 6.45) is 2.58. The zero-order valence-corrected chi connectivity index (χ0v) is 10.8. The molecule has 1 amide bonds. The van der Waals surface area contributed by atoms with E-state index >= 15 is 0 Å². The number of carbonyl (C=O) groups excluding carboxylic acids is 1. The predicted molar refractivity (Wildman–Crippen MR) is 64.5 cm³/mol. The van der Waals surface area contributed by atoms with E-state index < -0.39 is 17.0 Å². The Labute approximate surface area is 102 Å². The maximum absolute atomic E-state index is 12.3. The SMILES string of the molecule is CCCC(C)(N)C(=O)N1CCCC1(C)C(=O)O. The number of carboxylic acid groups (broad SMARTS) is 1. The summed E-state index contributed by atoms with van der Waals surface area (Å²) >= 11 is 0. The predicted octanol–water partition coefficient (Wildman–Crippen LogP) is 0.970. The molecule has 0 aromatic carbocycles. The molecular formula is C12H22N2O3. The molecule has 5 heteroatoms.